The predicted octanol–water partition coefficient (Wildman–Crippen LogP) is 9.49. The Balaban J connectivity index is 1.04. The van der Waals surface area contributed by atoms with E-state index in [-0.39, 0.29) is 72.7 Å². The third-order valence-electron chi connectivity index (χ3n) is 19.8. The summed E-state index contributed by atoms with van der Waals surface area (Å²) in [6, 6.07) is 70.6. The van der Waals surface area contributed by atoms with Gasteiger partial charge >= 0.3 is 11.9 Å². The Hall–Kier alpha value is -9.24. The molecule has 4 aliphatic heterocycles. The average Bonchev–Trinajstić information content (AvgIpc) is 0.753. The zero-order chi connectivity index (χ0) is 80.3. The fourth-order valence-electron chi connectivity index (χ4n) is 14.3. The van der Waals surface area contributed by atoms with Crippen LogP contribution in [0.25, 0.3) is 0 Å². The van der Waals surface area contributed by atoms with Gasteiger partial charge in [0.15, 0.2) is 31.3 Å². The lowest BCUT2D eigenvalue weighted by molar-refractivity contribution is -0.399. The summed E-state index contributed by atoms with van der Waals surface area (Å²) in [5.74, 6) is -2.12. The highest BCUT2D eigenvalue weighted by Crippen LogP contribution is 2.41. The number of rotatable bonds is 39. The molecule has 4 saturated heterocycles. The maximum absolute atomic E-state index is 14.4. The van der Waals surface area contributed by atoms with Crippen molar-refractivity contribution in [1.82, 2.24) is 10.6 Å². The number of methoxy groups -OCH3 is 1. The van der Waals surface area contributed by atoms with Gasteiger partial charge in [-0.3, -0.25) is 19.2 Å². The van der Waals surface area contributed by atoms with E-state index < -0.39 is 153 Å². The van der Waals surface area contributed by atoms with E-state index in [2.05, 4.69) is 10.6 Å². The number of hydrogen-bond donors (Lipinski definition) is 4. The third kappa shape index (κ3) is 24.9. The molecule has 20 atom stereocenters. The Morgan fingerprint density at radius 2 is 0.652 bits per heavy atom. The van der Waals surface area contributed by atoms with Gasteiger partial charge in [-0.25, -0.2) is 0 Å². The van der Waals surface area contributed by atoms with Crippen LogP contribution in [0.15, 0.2) is 237 Å². The molecule has 2 amide bonds. The standard InChI is InChI=1S/C89H102N2O24/c1-57(92)90-74-76(96)77(108-60(4)95)73(56-102-59(3)94)111-87(74)113-80-72(55-101-47-63-31-17-8-18-32-63)112-89(114-79-71(54-100-46-62-29-15-7-16-30-62)109-86(97)84(106-50-66-37-23-11-24-38-66)82(79)105-49-65-35-21-10-22-36-65)85(107-51-67-39-25-12-26-40-67)83(80)115-88-75(91-58(2)93)81(104-48-64-33-19-9-20-34-64)78(103-52-68-41-43-69(98-5)44-42-68)70(110-88)53-99-45-61-27-13-6-14-28-61/h6-44,70-89,96-97H,45-56H2,1-5H3,(H,90,92)(H,91,93)/t70-,71-,72-,73-,74-,75-,76-,77+,78-,79-,80+,81-,82+,83+,84-,85-,86-,87+,88+,89+/m1/s1. The number of ether oxygens (including phenoxy) is 18. The number of aliphatic hydroxyl groups is 2. The van der Waals surface area contributed by atoms with Crippen LogP contribution >= 0.6 is 0 Å². The van der Waals surface area contributed by atoms with Crippen molar-refractivity contribution in [3.8, 4) is 5.75 Å². The fraction of sp³-hybridized carbons (Fsp3) is 0.416. The lowest BCUT2D eigenvalue weighted by atomic mass is 9.93. The highest BCUT2D eigenvalue weighted by atomic mass is 16.8. The molecular weight excluding hydrogens is 1480 g/mol. The maximum atomic E-state index is 14.4. The number of nitrogens with one attached hydrogen (secondary N) is 2. The summed E-state index contributed by atoms with van der Waals surface area (Å²) >= 11 is 0. The Morgan fingerprint density at radius 1 is 0.322 bits per heavy atom. The molecule has 0 bridgehead atoms. The van der Waals surface area contributed by atoms with Gasteiger partial charge in [0.1, 0.15) is 104 Å². The van der Waals surface area contributed by atoms with Crippen LogP contribution in [0.5, 0.6) is 5.75 Å². The number of esters is 2. The van der Waals surface area contributed by atoms with Crippen molar-refractivity contribution in [2.24, 2.45) is 0 Å². The number of hydrogen-bond acceptors (Lipinski definition) is 24. The van der Waals surface area contributed by atoms with Crippen molar-refractivity contribution in [3.63, 3.8) is 0 Å². The maximum Gasteiger partial charge on any atom is 0.303 e. The van der Waals surface area contributed by atoms with E-state index in [1.807, 2.05) is 237 Å². The molecule has 115 heavy (non-hydrogen) atoms. The second-order valence-electron chi connectivity index (χ2n) is 28.5. The van der Waals surface area contributed by atoms with Crippen molar-refractivity contribution in [3.05, 3.63) is 281 Å². The SMILES string of the molecule is COc1ccc(CO[C@H]2[C@H](OCc3ccccc3)[C@@H](NC(C)=O)[C@H](O[C@H]3[C@@H](O[C@@H]4O[C@H](COC(C)=O)[C@H](OC(C)=O)[C@H](O)[C@H]4NC(C)=O)[C@@H](COCc4ccccc4)O[C@@H](O[C@H]4[C@H](OCc5ccccc5)[C@@H](OCc5ccccc5)[C@H](O)O[C@@H]4COCc4ccccc4)[C@@H]3OCc3ccccc3)O[C@@H]2COCc2ccccc2)cc1. The first-order valence-electron chi connectivity index (χ1n) is 38.6. The van der Waals surface area contributed by atoms with Gasteiger partial charge in [-0.05, 0) is 56.6 Å². The summed E-state index contributed by atoms with van der Waals surface area (Å²) in [5, 5.41) is 31.1. The van der Waals surface area contributed by atoms with Crippen LogP contribution in [0.2, 0.25) is 0 Å². The molecule has 0 saturated carbocycles. The third-order valence-corrected chi connectivity index (χ3v) is 19.8. The van der Waals surface area contributed by atoms with E-state index in [1.165, 1.54) is 20.8 Å². The summed E-state index contributed by atoms with van der Waals surface area (Å²) in [6.45, 7) is 3.63. The Labute approximate surface area is 669 Å². The Kier molecular flexibility index (Phi) is 32.3. The van der Waals surface area contributed by atoms with Crippen molar-refractivity contribution in [1.29, 1.82) is 0 Å². The van der Waals surface area contributed by atoms with Crippen LogP contribution in [0.1, 0.15) is 72.2 Å². The quantitative estimate of drug-likeness (QED) is 0.0261. The second kappa shape index (κ2) is 43.6. The molecule has 4 aliphatic rings. The van der Waals surface area contributed by atoms with Crippen LogP contribution in [0.3, 0.4) is 0 Å². The van der Waals surface area contributed by atoms with Crippen molar-refractivity contribution < 1.29 is 115 Å². The molecule has 26 heteroatoms. The smallest absolute Gasteiger partial charge is 0.303 e. The topological polar surface area (TPSA) is 299 Å². The largest absolute Gasteiger partial charge is 0.497 e. The van der Waals surface area contributed by atoms with Crippen LogP contribution in [0.4, 0.5) is 0 Å². The van der Waals surface area contributed by atoms with Gasteiger partial charge in [0.2, 0.25) is 11.8 Å². The lowest BCUT2D eigenvalue weighted by Gasteiger charge is -2.53. The van der Waals surface area contributed by atoms with E-state index >= 15 is 0 Å². The van der Waals surface area contributed by atoms with E-state index in [4.69, 9.17) is 85.3 Å². The van der Waals surface area contributed by atoms with Gasteiger partial charge in [-0.2, -0.15) is 0 Å². The predicted molar refractivity (Wildman–Crippen MR) is 415 cm³/mol. The molecule has 0 radical (unpaired) electrons. The first-order chi connectivity index (χ1) is 56.1. The summed E-state index contributed by atoms with van der Waals surface area (Å²) in [7, 11) is 1.58. The zero-order valence-electron chi connectivity index (χ0n) is 64.9. The number of benzene rings is 8. The lowest BCUT2D eigenvalue weighted by Crippen LogP contribution is -2.71. The molecule has 4 fully saturated rings. The molecule has 26 nitrogen and oxygen atoms in total. The minimum atomic E-state index is -1.82. The van der Waals surface area contributed by atoms with E-state index in [0.717, 1.165) is 45.9 Å². The van der Waals surface area contributed by atoms with Gasteiger partial charge in [-0.1, -0.05) is 224 Å². The van der Waals surface area contributed by atoms with Gasteiger partial charge in [0.05, 0.1) is 79.8 Å². The Bertz CT molecular complexity index is 4190. The summed E-state index contributed by atoms with van der Waals surface area (Å²) in [5.41, 5.74) is 6.23. The van der Waals surface area contributed by atoms with Crippen LogP contribution in [0, 0.1) is 0 Å². The number of carbonyl (C=O) groups is 4. The van der Waals surface area contributed by atoms with Crippen LogP contribution in [-0.2, 0) is 153 Å². The monoisotopic (exact) mass is 1580 g/mol. The molecule has 0 aromatic heterocycles. The normalized spacial score (nSPS) is 27.4. The second-order valence-corrected chi connectivity index (χ2v) is 28.5. The minimum absolute atomic E-state index is 0.00311. The molecule has 4 heterocycles. The minimum Gasteiger partial charge on any atom is -0.497 e. The molecule has 8 aromatic rings. The van der Waals surface area contributed by atoms with E-state index in [0.29, 0.717) is 11.3 Å². The number of aliphatic hydroxyl groups excluding tert-OH is 2. The van der Waals surface area contributed by atoms with Crippen molar-refractivity contribution >= 4 is 23.8 Å². The summed E-state index contributed by atoms with van der Waals surface area (Å²) < 4.78 is 124. The first-order valence-corrected chi connectivity index (χ1v) is 38.6. The average molecular weight is 1580 g/mol. The summed E-state index contributed by atoms with van der Waals surface area (Å²) in [6.07, 6.45) is -26.2. The van der Waals surface area contributed by atoms with Gasteiger partial charge in [0, 0.05) is 27.7 Å². The summed E-state index contributed by atoms with van der Waals surface area (Å²) in [4.78, 5) is 53.8. The zero-order valence-corrected chi connectivity index (χ0v) is 64.9. The Morgan fingerprint density at radius 3 is 1.08 bits per heavy atom. The molecule has 12 rings (SSSR count). The molecule has 8 aromatic carbocycles. The van der Waals surface area contributed by atoms with Gasteiger partial charge in [-0.15, -0.1) is 0 Å². The van der Waals surface area contributed by atoms with E-state index in [1.54, 1.807) is 7.11 Å². The van der Waals surface area contributed by atoms with Crippen LogP contribution < -0.4 is 15.4 Å². The molecule has 0 aliphatic carbocycles. The molecule has 612 valence electrons. The molecule has 4 N–H and O–H groups in total. The first kappa shape index (κ1) is 85.1. The highest BCUT2D eigenvalue weighted by molar-refractivity contribution is 5.74. The van der Waals surface area contributed by atoms with Crippen LogP contribution in [-0.4, -0.2) is 190 Å². The highest BCUT2D eigenvalue weighted by Gasteiger charge is 2.59. The van der Waals surface area contributed by atoms with E-state index in [9.17, 15) is 29.4 Å². The molecular formula is C89H102N2O24. The van der Waals surface area contributed by atoms with Gasteiger partial charge < -0.3 is 106 Å². The van der Waals surface area contributed by atoms with Crippen molar-refractivity contribution in [2.75, 3.05) is 33.5 Å². The van der Waals surface area contributed by atoms with Gasteiger partial charge in [0.25, 0.3) is 0 Å². The molecule has 0 spiro atoms. The fourth-order valence-corrected chi connectivity index (χ4v) is 14.3. The number of carbonyl (C=O) groups excluding carboxylic acids is 4. The van der Waals surface area contributed by atoms with Crippen molar-refractivity contribution in [2.45, 2.75) is 203 Å². The molecule has 0 unspecified atom stereocenters. The number of amides is 2.